The molecule has 0 atom stereocenters. The van der Waals surface area contributed by atoms with Crippen LogP contribution in [0.4, 0.5) is 0 Å². The fourth-order valence-corrected chi connectivity index (χ4v) is 4.28. The molecule has 0 amide bonds. The Morgan fingerprint density at radius 2 is 2.07 bits per heavy atom. The molecule has 2 aromatic heterocycles. The van der Waals surface area contributed by atoms with Gasteiger partial charge in [0.05, 0.1) is 12.2 Å². The number of rotatable bonds is 8. The maximum Gasteiger partial charge on any atom is 0.191 e. The van der Waals surface area contributed by atoms with Crippen LogP contribution in [0.1, 0.15) is 56.1 Å². The van der Waals surface area contributed by atoms with Gasteiger partial charge in [0.25, 0.3) is 0 Å². The van der Waals surface area contributed by atoms with Gasteiger partial charge in [0.1, 0.15) is 12.4 Å². The summed E-state index contributed by atoms with van der Waals surface area (Å²) in [6.07, 6.45) is 6.09. The van der Waals surface area contributed by atoms with Crippen molar-refractivity contribution in [2.45, 2.75) is 77.7 Å². The molecule has 7 nitrogen and oxygen atoms in total. The number of guanidine groups is 1. The van der Waals surface area contributed by atoms with Gasteiger partial charge in [-0.15, -0.1) is 45.5 Å². The Bertz CT molecular complexity index is 769. The van der Waals surface area contributed by atoms with Gasteiger partial charge in [-0.05, 0) is 64.3 Å². The zero-order valence-corrected chi connectivity index (χ0v) is 21.6. The first kappa shape index (κ1) is 25.1. The summed E-state index contributed by atoms with van der Waals surface area (Å²) < 4.78 is 7.97. The fraction of sp³-hybridized carbons (Fsp3) is 0.667. The smallest absolute Gasteiger partial charge is 0.191 e. The maximum atomic E-state index is 5.98. The molecule has 3 rings (SSSR count). The molecule has 2 heterocycles. The van der Waals surface area contributed by atoms with Crippen LogP contribution >= 0.6 is 35.3 Å². The summed E-state index contributed by atoms with van der Waals surface area (Å²) in [5.74, 6) is 2.63. The zero-order valence-electron chi connectivity index (χ0n) is 18.4. The van der Waals surface area contributed by atoms with Crippen LogP contribution in [0.15, 0.2) is 22.5 Å². The van der Waals surface area contributed by atoms with Gasteiger partial charge < -0.3 is 19.9 Å². The first-order valence-corrected chi connectivity index (χ1v) is 11.5. The summed E-state index contributed by atoms with van der Waals surface area (Å²) >= 11 is 1.79. The number of aryl methyl sites for hydroxylation is 1. The van der Waals surface area contributed by atoms with Crippen molar-refractivity contribution in [2.75, 3.05) is 6.54 Å². The van der Waals surface area contributed by atoms with Crippen LogP contribution in [0.5, 0.6) is 0 Å². The Hall–Kier alpha value is -1.20. The Labute approximate surface area is 201 Å². The van der Waals surface area contributed by atoms with E-state index in [-0.39, 0.29) is 24.0 Å². The van der Waals surface area contributed by atoms with E-state index in [4.69, 9.17) is 9.73 Å². The van der Waals surface area contributed by atoms with Gasteiger partial charge in [-0.25, -0.2) is 4.99 Å². The number of aliphatic imine (C=N–C) groups is 1. The van der Waals surface area contributed by atoms with E-state index >= 15 is 0 Å². The highest BCUT2D eigenvalue weighted by Crippen LogP contribution is 2.22. The van der Waals surface area contributed by atoms with Crippen molar-refractivity contribution in [3.05, 3.63) is 34.0 Å². The van der Waals surface area contributed by atoms with Crippen LogP contribution < -0.4 is 10.6 Å². The van der Waals surface area contributed by atoms with Gasteiger partial charge in [-0.2, -0.15) is 0 Å². The summed E-state index contributed by atoms with van der Waals surface area (Å²) in [6.45, 7) is 7.55. The molecular formula is C21H35IN6OS. The topological polar surface area (TPSA) is 76.4 Å². The largest absolute Gasteiger partial charge is 0.376 e. The molecule has 9 heteroatoms. The SMILES string of the molecule is Cc1nnc(CN=C(NCCc2cccs2)NC2CCC(OC(C)C)CC2)n1C.I. The normalized spacial score (nSPS) is 19.6. The summed E-state index contributed by atoms with van der Waals surface area (Å²) in [4.78, 5) is 6.17. The molecule has 1 aliphatic carbocycles. The number of halogens is 1. The molecule has 1 fully saturated rings. The molecule has 0 radical (unpaired) electrons. The van der Waals surface area contributed by atoms with E-state index in [1.807, 2.05) is 18.5 Å². The third-order valence-electron chi connectivity index (χ3n) is 5.28. The minimum atomic E-state index is 0. The average Bonchev–Trinajstić information content (AvgIpc) is 3.32. The van der Waals surface area contributed by atoms with Gasteiger partial charge in [0.15, 0.2) is 11.8 Å². The minimum Gasteiger partial charge on any atom is -0.376 e. The van der Waals surface area contributed by atoms with Crippen molar-refractivity contribution in [3.63, 3.8) is 0 Å². The van der Waals surface area contributed by atoms with Gasteiger partial charge >= 0.3 is 0 Å². The molecule has 0 aliphatic heterocycles. The van der Waals surface area contributed by atoms with E-state index in [0.29, 0.717) is 24.8 Å². The Morgan fingerprint density at radius 1 is 1.30 bits per heavy atom. The van der Waals surface area contributed by atoms with E-state index in [0.717, 1.165) is 56.3 Å². The molecule has 1 saturated carbocycles. The van der Waals surface area contributed by atoms with E-state index in [2.05, 4.69) is 52.2 Å². The molecule has 0 unspecified atom stereocenters. The lowest BCUT2D eigenvalue weighted by atomic mass is 9.93. The quantitative estimate of drug-likeness (QED) is 0.299. The van der Waals surface area contributed by atoms with Crippen LogP contribution in [0, 0.1) is 6.92 Å². The van der Waals surface area contributed by atoms with Crippen molar-refractivity contribution in [3.8, 4) is 0 Å². The van der Waals surface area contributed by atoms with Gasteiger partial charge in [-0.3, -0.25) is 0 Å². The zero-order chi connectivity index (χ0) is 20.6. The lowest BCUT2D eigenvalue weighted by Gasteiger charge is -2.31. The second-order valence-corrected chi connectivity index (χ2v) is 8.98. The highest BCUT2D eigenvalue weighted by molar-refractivity contribution is 14.0. The fourth-order valence-electron chi connectivity index (χ4n) is 3.57. The van der Waals surface area contributed by atoms with Crippen molar-refractivity contribution in [1.29, 1.82) is 0 Å². The number of ether oxygens (including phenoxy) is 1. The lowest BCUT2D eigenvalue weighted by molar-refractivity contribution is -0.0152. The highest BCUT2D eigenvalue weighted by atomic mass is 127. The number of hydrogen-bond acceptors (Lipinski definition) is 5. The predicted molar refractivity (Wildman–Crippen MR) is 134 cm³/mol. The lowest BCUT2D eigenvalue weighted by Crippen LogP contribution is -2.46. The average molecular weight is 547 g/mol. The first-order chi connectivity index (χ1) is 14.0. The van der Waals surface area contributed by atoms with Crippen LogP contribution in [0.3, 0.4) is 0 Å². The third-order valence-corrected chi connectivity index (χ3v) is 6.22. The third kappa shape index (κ3) is 7.81. The number of aromatic nitrogens is 3. The maximum absolute atomic E-state index is 5.98. The van der Waals surface area contributed by atoms with Crippen molar-refractivity contribution in [2.24, 2.45) is 12.0 Å². The number of hydrogen-bond donors (Lipinski definition) is 2. The summed E-state index contributed by atoms with van der Waals surface area (Å²) in [5, 5.41) is 17.6. The van der Waals surface area contributed by atoms with E-state index < -0.39 is 0 Å². The molecule has 0 spiro atoms. The Balaban J connectivity index is 0.00000320. The van der Waals surface area contributed by atoms with E-state index in [1.165, 1.54) is 4.88 Å². The number of nitrogens with zero attached hydrogens (tertiary/aromatic N) is 4. The highest BCUT2D eigenvalue weighted by Gasteiger charge is 2.23. The van der Waals surface area contributed by atoms with E-state index in [9.17, 15) is 0 Å². The summed E-state index contributed by atoms with van der Waals surface area (Å²) in [7, 11) is 1.98. The van der Waals surface area contributed by atoms with Crippen molar-refractivity contribution >= 4 is 41.3 Å². The number of nitrogens with one attached hydrogen (secondary N) is 2. The van der Waals surface area contributed by atoms with Crippen LogP contribution in [-0.4, -0.2) is 45.5 Å². The van der Waals surface area contributed by atoms with Crippen LogP contribution in [0.2, 0.25) is 0 Å². The van der Waals surface area contributed by atoms with E-state index in [1.54, 1.807) is 11.3 Å². The van der Waals surface area contributed by atoms with Gasteiger partial charge in [0.2, 0.25) is 0 Å². The Morgan fingerprint density at radius 3 is 2.67 bits per heavy atom. The molecule has 0 aromatic carbocycles. The molecule has 30 heavy (non-hydrogen) atoms. The second kappa shape index (κ2) is 12.6. The van der Waals surface area contributed by atoms with Crippen LogP contribution in [-0.2, 0) is 24.8 Å². The standard InChI is InChI=1S/C21H34N6OS.HI/c1-15(2)28-18-9-7-17(8-10-18)24-21(22-12-11-19-6-5-13-29-19)23-14-20-26-25-16(3)27(20)4;/h5-6,13,15,17-18H,7-12,14H2,1-4H3,(H2,22,23,24);1H. The molecule has 168 valence electrons. The predicted octanol–water partition coefficient (Wildman–Crippen LogP) is 3.82. The second-order valence-electron chi connectivity index (χ2n) is 7.95. The van der Waals surface area contributed by atoms with Gasteiger partial charge in [-0.1, -0.05) is 6.07 Å². The number of thiophene rings is 1. The Kier molecular flexibility index (Phi) is 10.5. The molecular weight excluding hydrogens is 511 g/mol. The van der Waals surface area contributed by atoms with Crippen LogP contribution in [0.25, 0.3) is 0 Å². The molecule has 2 N–H and O–H groups in total. The minimum absolute atomic E-state index is 0. The van der Waals surface area contributed by atoms with Crippen molar-refractivity contribution in [1.82, 2.24) is 25.4 Å². The van der Waals surface area contributed by atoms with Crippen molar-refractivity contribution < 1.29 is 4.74 Å². The molecule has 2 aromatic rings. The monoisotopic (exact) mass is 546 g/mol. The molecule has 1 aliphatic rings. The summed E-state index contributed by atoms with van der Waals surface area (Å²) in [6, 6.07) is 4.70. The van der Waals surface area contributed by atoms with Gasteiger partial charge in [0, 0.05) is 24.5 Å². The summed E-state index contributed by atoms with van der Waals surface area (Å²) in [5.41, 5.74) is 0. The first-order valence-electron chi connectivity index (χ1n) is 10.6. The molecule has 0 saturated heterocycles. The molecule has 0 bridgehead atoms.